The molecule has 0 saturated carbocycles. The molecule has 0 fully saturated rings. The summed E-state index contributed by atoms with van der Waals surface area (Å²) in [5.41, 5.74) is 1.32. The van der Waals surface area contributed by atoms with Crippen molar-refractivity contribution in [1.82, 2.24) is 4.90 Å². The van der Waals surface area contributed by atoms with Crippen LogP contribution in [0, 0.1) is 12.8 Å². The number of ketones is 1. The molecule has 0 bridgehead atoms. The van der Waals surface area contributed by atoms with E-state index in [9.17, 15) is 19.2 Å². The maximum absolute atomic E-state index is 12.4. The summed E-state index contributed by atoms with van der Waals surface area (Å²) >= 11 is 0. The number of carbonyl (C=O) groups is 4. The molecule has 1 unspecified atom stereocenters. The summed E-state index contributed by atoms with van der Waals surface area (Å²) in [5, 5.41) is 0. The van der Waals surface area contributed by atoms with Crippen LogP contribution >= 0.6 is 0 Å². The lowest BCUT2D eigenvalue weighted by Gasteiger charge is -2.19. The number of Topliss-reactive ketones (excluding diaryl/α,β-unsaturated/α-hetero) is 1. The molecule has 6 heteroatoms. The van der Waals surface area contributed by atoms with Crippen molar-refractivity contribution in [2.24, 2.45) is 5.92 Å². The number of carbonyl (C=O) groups excluding carboxylic acids is 4. The van der Waals surface area contributed by atoms with Crippen LogP contribution in [-0.2, 0) is 14.3 Å². The van der Waals surface area contributed by atoms with Crippen LogP contribution in [0.15, 0.2) is 18.2 Å². The van der Waals surface area contributed by atoms with Crippen molar-refractivity contribution in [2.45, 2.75) is 20.8 Å². The van der Waals surface area contributed by atoms with Gasteiger partial charge in [-0.2, -0.15) is 0 Å². The summed E-state index contributed by atoms with van der Waals surface area (Å²) < 4.78 is 4.84. The minimum Gasteiger partial charge on any atom is -0.465 e. The average Bonchev–Trinajstić information content (AvgIpc) is 2.69. The van der Waals surface area contributed by atoms with Gasteiger partial charge in [0.25, 0.3) is 11.8 Å². The molecule has 0 N–H and O–H groups in total. The van der Waals surface area contributed by atoms with Crippen molar-refractivity contribution in [3.63, 3.8) is 0 Å². The number of esters is 1. The molecule has 22 heavy (non-hydrogen) atoms. The standard InChI is InChI=1S/C16H17NO5/c1-4-22-16(21)12(10(3)18)8-17-14(19)11-7-5-6-9(2)13(11)15(17)20/h5-7,12H,4,8H2,1-3H3. The van der Waals surface area contributed by atoms with Crippen LogP contribution in [0.3, 0.4) is 0 Å². The Hall–Kier alpha value is -2.50. The first-order valence-electron chi connectivity index (χ1n) is 7.01. The van der Waals surface area contributed by atoms with E-state index in [0.717, 1.165) is 4.90 Å². The highest BCUT2D eigenvalue weighted by molar-refractivity contribution is 6.22. The third-order valence-electron chi connectivity index (χ3n) is 3.63. The molecule has 1 atom stereocenters. The Balaban J connectivity index is 2.29. The number of benzene rings is 1. The van der Waals surface area contributed by atoms with E-state index in [1.807, 2.05) is 0 Å². The predicted octanol–water partition coefficient (Wildman–Crippen LogP) is 1.36. The Kier molecular flexibility index (Phi) is 4.40. The highest BCUT2D eigenvalue weighted by Gasteiger charge is 2.40. The SMILES string of the molecule is CCOC(=O)C(CN1C(=O)c2cccc(C)c2C1=O)C(C)=O. The van der Waals surface area contributed by atoms with Crippen molar-refractivity contribution in [3.8, 4) is 0 Å². The monoisotopic (exact) mass is 303 g/mol. The highest BCUT2D eigenvalue weighted by Crippen LogP contribution is 2.26. The lowest BCUT2D eigenvalue weighted by Crippen LogP contribution is -2.40. The third-order valence-corrected chi connectivity index (χ3v) is 3.63. The van der Waals surface area contributed by atoms with E-state index >= 15 is 0 Å². The first-order chi connectivity index (χ1) is 10.4. The van der Waals surface area contributed by atoms with Gasteiger partial charge in [0.05, 0.1) is 17.7 Å². The quantitative estimate of drug-likeness (QED) is 0.466. The van der Waals surface area contributed by atoms with E-state index < -0.39 is 29.5 Å². The summed E-state index contributed by atoms with van der Waals surface area (Å²) in [6, 6.07) is 4.99. The highest BCUT2D eigenvalue weighted by atomic mass is 16.5. The maximum atomic E-state index is 12.4. The van der Waals surface area contributed by atoms with E-state index in [2.05, 4.69) is 0 Å². The fourth-order valence-corrected chi connectivity index (χ4v) is 2.46. The van der Waals surface area contributed by atoms with E-state index in [1.165, 1.54) is 6.92 Å². The predicted molar refractivity (Wildman–Crippen MR) is 77.4 cm³/mol. The number of fused-ring (bicyclic) bond motifs is 1. The van der Waals surface area contributed by atoms with Gasteiger partial charge in [-0.15, -0.1) is 0 Å². The molecule has 116 valence electrons. The zero-order chi connectivity index (χ0) is 16.4. The molecular formula is C16H17NO5. The zero-order valence-corrected chi connectivity index (χ0v) is 12.7. The van der Waals surface area contributed by atoms with Gasteiger partial charge < -0.3 is 4.74 Å². The largest absolute Gasteiger partial charge is 0.465 e. The van der Waals surface area contributed by atoms with Crippen LogP contribution in [0.5, 0.6) is 0 Å². The summed E-state index contributed by atoms with van der Waals surface area (Å²) in [4.78, 5) is 49.2. The van der Waals surface area contributed by atoms with Crippen LogP contribution in [0.4, 0.5) is 0 Å². The van der Waals surface area contributed by atoms with Crippen LogP contribution in [-0.4, -0.2) is 41.6 Å². The molecule has 1 aliphatic heterocycles. The second-order valence-corrected chi connectivity index (χ2v) is 5.13. The molecule has 2 rings (SSSR count). The number of nitrogens with zero attached hydrogens (tertiary/aromatic N) is 1. The van der Waals surface area contributed by atoms with Gasteiger partial charge in [-0.05, 0) is 32.4 Å². The van der Waals surface area contributed by atoms with Crippen LogP contribution < -0.4 is 0 Å². The molecule has 1 aromatic rings. The maximum Gasteiger partial charge on any atom is 0.318 e. The Bertz CT molecular complexity index is 665. The number of hydrogen-bond acceptors (Lipinski definition) is 5. The number of hydrogen-bond donors (Lipinski definition) is 0. The third kappa shape index (κ3) is 2.64. The molecule has 0 spiro atoms. The lowest BCUT2D eigenvalue weighted by molar-refractivity contribution is -0.151. The van der Waals surface area contributed by atoms with Crippen LogP contribution in [0.25, 0.3) is 0 Å². The van der Waals surface area contributed by atoms with Gasteiger partial charge in [-0.25, -0.2) is 0 Å². The molecule has 1 heterocycles. The van der Waals surface area contributed by atoms with Gasteiger partial charge in [0.1, 0.15) is 11.7 Å². The Labute approximate surface area is 128 Å². The summed E-state index contributed by atoms with van der Waals surface area (Å²) in [7, 11) is 0. The lowest BCUT2D eigenvalue weighted by atomic mass is 10.0. The van der Waals surface area contributed by atoms with Gasteiger partial charge >= 0.3 is 5.97 Å². The van der Waals surface area contributed by atoms with Gasteiger partial charge in [0.15, 0.2) is 0 Å². The average molecular weight is 303 g/mol. The van der Waals surface area contributed by atoms with Crippen molar-refractivity contribution in [3.05, 3.63) is 34.9 Å². The number of imide groups is 1. The zero-order valence-electron chi connectivity index (χ0n) is 12.7. The summed E-state index contributed by atoms with van der Waals surface area (Å²) in [6.45, 7) is 4.44. The topological polar surface area (TPSA) is 80.8 Å². The van der Waals surface area contributed by atoms with Gasteiger partial charge in [-0.1, -0.05) is 12.1 Å². The molecule has 2 amide bonds. The second-order valence-electron chi connectivity index (χ2n) is 5.13. The van der Waals surface area contributed by atoms with E-state index in [-0.39, 0.29) is 13.2 Å². The molecule has 0 aromatic heterocycles. The minimum atomic E-state index is -1.15. The van der Waals surface area contributed by atoms with Crippen molar-refractivity contribution >= 4 is 23.6 Å². The van der Waals surface area contributed by atoms with Gasteiger partial charge in [0, 0.05) is 6.54 Å². The Morgan fingerprint density at radius 2 is 1.91 bits per heavy atom. The Morgan fingerprint density at radius 1 is 1.23 bits per heavy atom. The molecular weight excluding hydrogens is 286 g/mol. The van der Waals surface area contributed by atoms with E-state index in [1.54, 1.807) is 32.0 Å². The fraction of sp³-hybridized carbons (Fsp3) is 0.375. The molecule has 1 aromatic carbocycles. The van der Waals surface area contributed by atoms with E-state index in [0.29, 0.717) is 16.7 Å². The minimum absolute atomic E-state index is 0.129. The summed E-state index contributed by atoms with van der Waals surface area (Å²) in [5.74, 6) is -3.27. The van der Waals surface area contributed by atoms with Crippen LogP contribution in [0.2, 0.25) is 0 Å². The first-order valence-corrected chi connectivity index (χ1v) is 7.01. The second kappa shape index (κ2) is 6.09. The number of rotatable bonds is 5. The first kappa shape index (κ1) is 15.9. The van der Waals surface area contributed by atoms with Gasteiger partial charge in [-0.3, -0.25) is 24.1 Å². The number of aryl methyl sites for hydroxylation is 1. The van der Waals surface area contributed by atoms with Crippen molar-refractivity contribution < 1.29 is 23.9 Å². The summed E-state index contributed by atoms with van der Waals surface area (Å²) in [6.07, 6.45) is 0. The van der Waals surface area contributed by atoms with Crippen LogP contribution in [0.1, 0.15) is 40.1 Å². The van der Waals surface area contributed by atoms with Crippen molar-refractivity contribution in [1.29, 1.82) is 0 Å². The fourth-order valence-electron chi connectivity index (χ4n) is 2.46. The van der Waals surface area contributed by atoms with E-state index in [4.69, 9.17) is 4.74 Å². The normalized spacial score (nSPS) is 14.8. The molecule has 1 aliphatic rings. The molecule has 0 aliphatic carbocycles. The number of ether oxygens (including phenoxy) is 1. The Morgan fingerprint density at radius 3 is 2.45 bits per heavy atom. The molecule has 0 saturated heterocycles. The van der Waals surface area contributed by atoms with Crippen molar-refractivity contribution in [2.75, 3.05) is 13.2 Å². The van der Waals surface area contributed by atoms with Gasteiger partial charge in [0.2, 0.25) is 0 Å². The smallest absolute Gasteiger partial charge is 0.318 e. The molecule has 0 radical (unpaired) electrons. The number of amides is 2. The molecule has 6 nitrogen and oxygen atoms in total.